The van der Waals surface area contributed by atoms with Crippen LogP contribution in [0.1, 0.15) is 22.3 Å². The van der Waals surface area contributed by atoms with Gasteiger partial charge in [0.15, 0.2) is 0 Å². The van der Waals surface area contributed by atoms with Gasteiger partial charge in [-0.2, -0.15) is 0 Å². The summed E-state index contributed by atoms with van der Waals surface area (Å²) >= 11 is 0. The minimum absolute atomic E-state index is 0.613. The summed E-state index contributed by atoms with van der Waals surface area (Å²) in [6.07, 6.45) is 0. The zero-order valence-electron chi connectivity index (χ0n) is 11.9. The monoisotopic (exact) mass is 255 g/mol. The number of nitrogens with one attached hydrogen (secondary N) is 1. The second-order valence-corrected chi connectivity index (χ2v) is 4.86. The lowest BCUT2D eigenvalue weighted by atomic mass is 10.1. The Balaban J connectivity index is 2.12. The molecule has 2 aromatic carbocycles. The smallest absolute Gasteiger partial charge is 0.122 e. The van der Waals surface area contributed by atoms with Gasteiger partial charge in [0.2, 0.25) is 0 Å². The van der Waals surface area contributed by atoms with Crippen molar-refractivity contribution in [2.24, 2.45) is 0 Å². The molecule has 0 aliphatic rings. The van der Waals surface area contributed by atoms with Crippen LogP contribution < -0.4 is 10.1 Å². The zero-order chi connectivity index (χ0) is 13.7. The highest BCUT2D eigenvalue weighted by Gasteiger charge is 2.04. The highest BCUT2D eigenvalue weighted by molar-refractivity contribution is 5.36. The Labute approximate surface area is 115 Å². The molecule has 2 rings (SSSR count). The summed E-state index contributed by atoms with van der Waals surface area (Å²) in [7, 11) is 1.96. The lowest BCUT2D eigenvalue weighted by Crippen LogP contribution is -2.09. The summed E-state index contributed by atoms with van der Waals surface area (Å²) in [6.45, 7) is 5.64. The predicted octanol–water partition coefficient (Wildman–Crippen LogP) is 3.60. The Hall–Kier alpha value is -1.80. The summed E-state index contributed by atoms with van der Waals surface area (Å²) in [4.78, 5) is 0. The number of hydrogen-bond acceptors (Lipinski definition) is 2. The van der Waals surface area contributed by atoms with Gasteiger partial charge in [-0.3, -0.25) is 0 Å². The fourth-order valence-electron chi connectivity index (χ4n) is 2.08. The molecule has 0 saturated heterocycles. The molecule has 19 heavy (non-hydrogen) atoms. The number of benzene rings is 2. The number of ether oxygens (including phenoxy) is 1. The maximum atomic E-state index is 5.96. The molecule has 2 nitrogen and oxygen atoms in total. The van der Waals surface area contributed by atoms with Gasteiger partial charge in [0.1, 0.15) is 12.4 Å². The first kappa shape index (κ1) is 13.6. The van der Waals surface area contributed by atoms with Crippen molar-refractivity contribution in [3.63, 3.8) is 0 Å². The number of aryl methyl sites for hydroxylation is 2. The van der Waals surface area contributed by atoms with E-state index in [1.54, 1.807) is 0 Å². The van der Waals surface area contributed by atoms with Gasteiger partial charge in [-0.1, -0.05) is 36.4 Å². The maximum Gasteiger partial charge on any atom is 0.122 e. The summed E-state index contributed by atoms with van der Waals surface area (Å²) in [6, 6.07) is 14.7. The first-order valence-corrected chi connectivity index (χ1v) is 6.62. The van der Waals surface area contributed by atoms with Crippen molar-refractivity contribution in [3.8, 4) is 5.75 Å². The molecule has 2 aromatic rings. The van der Waals surface area contributed by atoms with E-state index < -0.39 is 0 Å². The zero-order valence-corrected chi connectivity index (χ0v) is 11.9. The molecule has 0 heterocycles. The predicted molar refractivity (Wildman–Crippen MR) is 79.5 cm³/mol. The molecule has 0 aliphatic carbocycles. The highest BCUT2D eigenvalue weighted by Crippen LogP contribution is 2.21. The van der Waals surface area contributed by atoms with Gasteiger partial charge in [0.25, 0.3) is 0 Å². The van der Waals surface area contributed by atoms with Crippen LogP contribution in [-0.2, 0) is 13.2 Å². The third-order valence-corrected chi connectivity index (χ3v) is 3.21. The molecular formula is C17H21NO. The van der Waals surface area contributed by atoms with Crippen molar-refractivity contribution in [1.29, 1.82) is 0 Å². The Morgan fingerprint density at radius 2 is 1.74 bits per heavy atom. The van der Waals surface area contributed by atoms with Gasteiger partial charge in [0, 0.05) is 6.54 Å². The molecule has 0 unspecified atom stereocenters. The van der Waals surface area contributed by atoms with Crippen LogP contribution in [0.25, 0.3) is 0 Å². The van der Waals surface area contributed by atoms with Crippen LogP contribution in [0, 0.1) is 13.8 Å². The standard InChI is InChI=1S/C17H21NO/c1-13-8-9-14(2)17(10-13)19-12-16-7-5-4-6-15(16)11-18-3/h4-10,18H,11-12H2,1-3H3. The Bertz CT molecular complexity index is 549. The maximum absolute atomic E-state index is 5.96. The van der Waals surface area contributed by atoms with E-state index in [9.17, 15) is 0 Å². The van der Waals surface area contributed by atoms with E-state index in [0.29, 0.717) is 6.61 Å². The molecule has 1 N–H and O–H groups in total. The first-order valence-electron chi connectivity index (χ1n) is 6.62. The Kier molecular flexibility index (Phi) is 4.58. The van der Waals surface area contributed by atoms with Crippen molar-refractivity contribution < 1.29 is 4.74 Å². The highest BCUT2D eigenvalue weighted by atomic mass is 16.5. The minimum atomic E-state index is 0.613. The van der Waals surface area contributed by atoms with Crippen molar-refractivity contribution >= 4 is 0 Å². The quantitative estimate of drug-likeness (QED) is 0.881. The van der Waals surface area contributed by atoms with E-state index in [1.807, 2.05) is 7.05 Å². The van der Waals surface area contributed by atoms with Gasteiger partial charge < -0.3 is 10.1 Å². The van der Waals surface area contributed by atoms with Crippen LogP contribution in [0.15, 0.2) is 42.5 Å². The van der Waals surface area contributed by atoms with E-state index in [4.69, 9.17) is 4.74 Å². The van der Waals surface area contributed by atoms with Gasteiger partial charge in [-0.05, 0) is 49.2 Å². The molecular weight excluding hydrogens is 234 g/mol. The largest absolute Gasteiger partial charge is 0.489 e. The van der Waals surface area contributed by atoms with Crippen molar-refractivity contribution in [1.82, 2.24) is 5.32 Å². The van der Waals surface area contributed by atoms with Crippen LogP contribution in [0.3, 0.4) is 0 Å². The second-order valence-electron chi connectivity index (χ2n) is 4.86. The van der Waals surface area contributed by atoms with Gasteiger partial charge in [-0.15, -0.1) is 0 Å². The fraction of sp³-hybridized carbons (Fsp3) is 0.294. The topological polar surface area (TPSA) is 21.3 Å². The molecule has 0 bridgehead atoms. The summed E-state index contributed by atoms with van der Waals surface area (Å²) in [5.41, 5.74) is 4.92. The SMILES string of the molecule is CNCc1ccccc1COc1cc(C)ccc1C. The Morgan fingerprint density at radius 1 is 1.00 bits per heavy atom. The van der Waals surface area contributed by atoms with Crippen LogP contribution in [0.4, 0.5) is 0 Å². The van der Waals surface area contributed by atoms with Gasteiger partial charge >= 0.3 is 0 Å². The fourth-order valence-corrected chi connectivity index (χ4v) is 2.08. The molecule has 2 heteroatoms. The molecule has 0 spiro atoms. The van der Waals surface area contributed by atoms with Gasteiger partial charge in [-0.25, -0.2) is 0 Å². The third-order valence-electron chi connectivity index (χ3n) is 3.21. The number of hydrogen-bond donors (Lipinski definition) is 1. The van der Waals surface area contributed by atoms with Crippen molar-refractivity contribution in [2.45, 2.75) is 27.0 Å². The van der Waals surface area contributed by atoms with E-state index >= 15 is 0 Å². The summed E-state index contributed by atoms with van der Waals surface area (Å²) in [5.74, 6) is 0.972. The van der Waals surface area contributed by atoms with E-state index in [2.05, 4.69) is 61.6 Å². The number of rotatable bonds is 5. The van der Waals surface area contributed by atoms with Crippen LogP contribution in [0.5, 0.6) is 5.75 Å². The molecule has 0 aromatic heterocycles. The first-order chi connectivity index (χ1) is 9.20. The third kappa shape index (κ3) is 3.58. The van der Waals surface area contributed by atoms with Crippen LogP contribution in [-0.4, -0.2) is 7.05 Å². The Morgan fingerprint density at radius 3 is 2.47 bits per heavy atom. The van der Waals surface area contributed by atoms with Crippen LogP contribution in [0.2, 0.25) is 0 Å². The normalized spacial score (nSPS) is 10.5. The average molecular weight is 255 g/mol. The lowest BCUT2D eigenvalue weighted by molar-refractivity contribution is 0.302. The van der Waals surface area contributed by atoms with Gasteiger partial charge in [0.05, 0.1) is 0 Å². The average Bonchev–Trinajstić information content (AvgIpc) is 2.42. The van der Waals surface area contributed by atoms with Crippen molar-refractivity contribution in [3.05, 3.63) is 64.7 Å². The van der Waals surface area contributed by atoms with Crippen LogP contribution >= 0.6 is 0 Å². The molecule has 0 fully saturated rings. The molecule has 0 saturated carbocycles. The molecule has 0 atom stereocenters. The molecule has 100 valence electrons. The van der Waals surface area contributed by atoms with E-state index in [1.165, 1.54) is 22.3 Å². The lowest BCUT2D eigenvalue weighted by Gasteiger charge is -2.13. The van der Waals surface area contributed by atoms with E-state index in [-0.39, 0.29) is 0 Å². The summed E-state index contributed by atoms with van der Waals surface area (Å²) in [5, 5.41) is 3.19. The van der Waals surface area contributed by atoms with E-state index in [0.717, 1.165) is 12.3 Å². The second kappa shape index (κ2) is 6.39. The summed E-state index contributed by atoms with van der Waals surface area (Å²) < 4.78 is 5.96. The van der Waals surface area contributed by atoms with Crippen molar-refractivity contribution in [2.75, 3.05) is 7.05 Å². The minimum Gasteiger partial charge on any atom is -0.489 e. The molecule has 0 amide bonds. The molecule has 0 aliphatic heterocycles. The molecule has 0 radical (unpaired) electrons.